The average Bonchev–Trinajstić information content (AvgIpc) is 2.14. The van der Waals surface area contributed by atoms with Crippen molar-refractivity contribution < 1.29 is 9.53 Å². The number of ether oxygens (including phenoxy) is 1. The second kappa shape index (κ2) is 5.19. The predicted molar refractivity (Wildman–Crippen MR) is 68.2 cm³/mol. The van der Waals surface area contributed by atoms with Crippen LogP contribution in [0.1, 0.15) is 38.8 Å². The largest absolute Gasteiger partial charge is 0.460 e. The van der Waals surface area contributed by atoms with Crippen LogP contribution in [-0.2, 0) is 9.53 Å². The smallest absolute Gasteiger partial charge is 0.308 e. The summed E-state index contributed by atoms with van der Waals surface area (Å²) in [5.74, 6) is -0.299. The van der Waals surface area contributed by atoms with E-state index < -0.39 is 5.60 Å². The Morgan fingerprint density at radius 3 is 2.59 bits per heavy atom. The number of hydrogen-bond acceptors (Lipinski definition) is 4. The molecule has 0 fully saturated rings. The molecule has 0 aliphatic carbocycles. The molecule has 0 heterocycles. The highest BCUT2D eigenvalue weighted by atomic mass is 16.6. The summed E-state index contributed by atoms with van der Waals surface area (Å²) in [5.41, 5.74) is 12.6. The summed E-state index contributed by atoms with van der Waals surface area (Å²) < 4.78 is 5.21. The van der Waals surface area contributed by atoms with Crippen molar-refractivity contribution in [1.82, 2.24) is 0 Å². The van der Waals surface area contributed by atoms with Crippen molar-refractivity contribution >= 4 is 11.7 Å². The van der Waals surface area contributed by atoms with E-state index in [1.165, 1.54) is 0 Å². The molecule has 1 rings (SSSR count). The molecule has 0 saturated carbocycles. The number of carbonyl (C=O) groups excluding carboxylic acids is 1. The predicted octanol–water partition coefficient (Wildman–Crippen LogP) is 2.00. The lowest BCUT2D eigenvalue weighted by atomic mass is 10.0. The van der Waals surface area contributed by atoms with Crippen molar-refractivity contribution in [3.8, 4) is 0 Å². The Labute approximate surface area is 102 Å². The second-order valence-electron chi connectivity index (χ2n) is 5.07. The number of nitrogens with two attached hydrogens (primary N) is 2. The fourth-order valence-electron chi connectivity index (χ4n) is 1.47. The zero-order valence-electron chi connectivity index (χ0n) is 10.6. The van der Waals surface area contributed by atoms with Crippen LogP contribution in [0.25, 0.3) is 0 Å². The van der Waals surface area contributed by atoms with Crippen molar-refractivity contribution in [3.05, 3.63) is 29.8 Å². The molecule has 4 heteroatoms. The number of nitrogen functional groups attached to an aromatic ring is 1. The van der Waals surface area contributed by atoms with Gasteiger partial charge in [-0.1, -0.05) is 12.1 Å². The van der Waals surface area contributed by atoms with Gasteiger partial charge < -0.3 is 16.2 Å². The fourth-order valence-corrected chi connectivity index (χ4v) is 1.47. The van der Waals surface area contributed by atoms with Gasteiger partial charge in [0.2, 0.25) is 0 Å². The minimum absolute atomic E-state index is 0.153. The Bertz CT molecular complexity index is 397. The molecule has 0 amide bonds. The van der Waals surface area contributed by atoms with Crippen LogP contribution in [-0.4, -0.2) is 11.6 Å². The van der Waals surface area contributed by atoms with E-state index in [-0.39, 0.29) is 18.4 Å². The summed E-state index contributed by atoms with van der Waals surface area (Å²) in [4.78, 5) is 11.6. The van der Waals surface area contributed by atoms with Gasteiger partial charge in [-0.2, -0.15) is 0 Å². The topological polar surface area (TPSA) is 78.3 Å². The van der Waals surface area contributed by atoms with Crippen LogP contribution in [0.4, 0.5) is 5.69 Å². The van der Waals surface area contributed by atoms with Crippen LogP contribution < -0.4 is 11.5 Å². The van der Waals surface area contributed by atoms with Crippen LogP contribution in [0.15, 0.2) is 24.3 Å². The normalized spacial score (nSPS) is 13.2. The third-order valence-electron chi connectivity index (χ3n) is 2.15. The molecule has 4 nitrogen and oxygen atoms in total. The SMILES string of the molecule is CC(C)(C)OC(=O)CC(N)c1cccc(N)c1. The molecule has 0 aliphatic heterocycles. The van der Waals surface area contributed by atoms with Gasteiger partial charge in [0.1, 0.15) is 5.60 Å². The van der Waals surface area contributed by atoms with Gasteiger partial charge in [-0.25, -0.2) is 0 Å². The van der Waals surface area contributed by atoms with Gasteiger partial charge in [-0.15, -0.1) is 0 Å². The van der Waals surface area contributed by atoms with E-state index >= 15 is 0 Å². The molecule has 1 atom stereocenters. The van der Waals surface area contributed by atoms with Gasteiger partial charge in [-0.3, -0.25) is 4.79 Å². The third-order valence-corrected chi connectivity index (χ3v) is 2.15. The molecule has 0 aliphatic rings. The van der Waals surface area contributed by atoms with E-state index in [9.17, 15) is 4.79 Å². The van der Waals surface area contributed by atoms with E-state index in [0.717, 1.165) is 5.56 Å². The highest BCUT2D eigenvalue weighted by molar-refractivity contribution is 5.71. The minimum atomic E-state index is -0.480. The van der Waals surface area contributed by atoms with Crippen LogP contribution in [0, 0.1) is 0 Å². The second-order valence-corrected chi connectivity index (χ2v) is 5.07. The third kappa shape index (κ3) is 4.87. The Hall–Kier alpha value is -1.55. The summed E-state index contributed by atoms with van der Waals surface area (Å²) in [7, 11) is 0. The number of carbonyl (C=O) groups is 1. The summed E-state index contributed by atoms with van der Waals surface area (Å²) in [6, 6.07) is 6.84. The molecule has 0 spiro atoms. The number of benzene rings is 1. The van der Waals surface area contributed by atoms with Crippen molar-refractivity contribution in [1.29, 1.82) is 0 Å². The summed E-state index contributed by atoms with van der Waals surface area (Å²) >= 11 is 0. The van der Waals surface area contributed by atoms with Gasteiger partial charge in [-0.05, 0) is 38.5 Å². The standard InChI is InChI=1S/C13H20N2O2/c1-13(2,3)17-12(16)8-11(15)9-5-4-6-10(14)7-9/h4-7,11H,8,14-15H2,1-3H3. The first kappa shape index (κ1) is 13.5. The van der Waals surface area contributed by atoms with E-state index in [1.807, 2.05) is 32.9 Å². The zero-order chi connectivity index (χ0) is 13.1. The molecular weight excluding hydrogens is 216 g/mol. The molecule has 0 bridgehead atoms. The highest BCUT2D eigenvalue weighted by Crippen LogP contribution is 2.18. The Morgan fingerprint density at radius 1 is 1.41 bits per heavy atom. The van der Waals surface area contributed by atoms with E-state index in [2.05, 4.69) is 0 Å². The van der Waals surface area contributed by atoms with Crippen molar-refractivity contribution in [2.75, 3.05) is 5.73 Å². The van der Waals surface area contributed by atoms with Crippen molar-refractivity contribution in [3.63, 3.8) is 0 Å². The number of hydrogen-bond donors (Lipinski definition) is 2. The molecule has 94 valence electrons. The van der Waals surface area contributed by atoms with Gasteiger partial charge in [0.25, 0.3) is 0 Å². The van der Waals surface area contributed by atoms with Crippen molar-refractivity contribution in [2.24, 2.45) is 5.73 Å². The zero-order valence-corrected chi connectivity index (χ0v) is 10.6. The lowest BCUT2D eigenvalue weighted by Crippen LogP contribution is -2.26. The lowest BCUT2D eigenvalue weighted by molar-refractivity contribution is -0.155. The first-order valence-corrected chi connectivity index (χ1v) is 5.61. The maximum atomic E-state index is 11.6. The molecule has 0 aromatic heterocycles. The van der Waals surface area contributed by atoms with Crippen LogP contribution in [0.2, 0.25) is 0 Å². The first-order chi connectivity index (χ1) is 7.78. The molecule has 17 heavy (non-hydrogen) atoms. The molecule has 0 radical (unpaired) electrons. The highest BCUT2D eigenvalue weighted by Gasteiger charge is 2.19. The van der Waals surface area contributed by atoms with Crippen molar-refractivity contribution in [2.45, 2.75) is 38.8 Å². The van der Waals surface area contributed by atoms with Gasteiger partial charge in [0.05, 0.1) is 6.42 Å². The Balaban J connectivity index is 2.61. The van der Waals surface area contributed by atoms with E-state index in [4.69, 9.17) is 16.2 Å². The van der Waals surface area contributed by atoms with E-state index in [0.29, 0.717) is 5.69 Å². The number of rotatable bonds is 3. The number of esters is 1. The molecule has 1 unspecified atom stereocenters. The number of anilines is 1. The molecule has 1 aromatic carbocycles. The molecule has 1 aromatic rings. The summed E-state index contributed by atoms with van der Waals surface area (Å²) in [6.07, 6.45) is 0.153. The Kier molecular flexibility index (Phi) is 4.12. The van der Waals surface area contributed by atoms with Gasteiger partial charge in [0.15, 0.2) is 0 Å². The monoisotopic (exact) mass is 236 g/mol. The minimum Gasteiger partial charge on any atom is -0.460 e. The maximum Gasteiger partial charge on any atom is 0.308 e. The van der Waals surface area contributed by atoms with Crippen LogP contribution >= 0.6 is 0 Å². The summed E-state index contributed by atoms with van der Waals surface area (Å²) in [6.45, 7) is 5.49. The lowest BCUT2D eigenvalue weighted by Gasteiger charge is -2.21. The van der Waals surface area contributed by atoms with E-state index in [1.54, 1.807) is 12.1 Å². The molecule has 4 N–H and O–H groups in total. The fraction of sp³-hybridized carbons (Fsp3) is 0.462. The Morgan fingerprint density at radius 2 is 2.06 bits per heavy atom. The maximum absolute atomic E-state index is 11.6. The first-order valence-electron chi connectivity index (χ1n) is 5.61. The quantitative estimate of drug-likeness (QED) is 0.621. The van der Waals surface area contributed by atoms with Gasteiger partial charge in [0, 0.05) is 11.7 Å². The molecular formula is C13H20N2O2. The van der Waals surface area contributed by atoms with Crippen LogP contribution in [0.3, 0.4) is 0 Å². The van der Waals surface area contributed by atoms with Gasteiger partial charge >= 0.3 is 5.97 Å². The average molecular weight is 236 g/mol. The summed E-state index contributed by atoms with van der Waals surface area (Å²) in [5, 5.41) is 0. The van der Waals surface area contributed by atoms with Crippen LogP contribution in [0.5, 0.6) is 0 Å². The molecule has 0 saturated heterocycles.